The molecule has 3 fully saturated rings. The van der Waals surface area contributed by atoms with E-state index in [1.54, 1.807) is 62.8 Å². The molecule has 0 bridgehead atoms. The van der Waals surface area contributed by atoms with E-state index in [2.05, 4.69) is 85.6 Å². The molecule has 3 aliphatic carbocycles. The molecule has 10 N–H and O–H groups in total. The first-order valence-electron chi connectivity index (χ1n) is 32.4. The summed E-state index contributed by atoms with van der Waals surface area (Å²) in [6.45, 7) is 4.71. The van der Waals surface area contributed by atoms with E-state index in [1.807, 2.05) is 147 Å². The topological polar surface area (TPSA) is 213 Å². The van der Waals surface area contributed by atoms with Gasteiger partial charge in [0.25, 0.3) is 17.7 Å². The summed E-state index contributed by atoms with van der Waals surface area (Å²) in [5.74, 6) is 17.2. The van der Waals surface area contributed by atoms with E-state index in [0.717, 1.165) is 113 Å². The highest BCUT2D eigenvalue weighted by Gasteiger charge is 2.30. The molecular weight excluding hydrogens is 1290 g/mol. The number of aldehydes is 1. The van der Waals surface area contributed by atoms with Gasteiger partial charge in [-0.15, -0.1) is 6.42 Å². The zero-order valence-electron chi connectivity index (χ0n) is 55.0. The molecule has 8 aromatic carbocycles. The molecule has 8 aromatic rings. The van der Waals surface area contributed by atoms with Crippen molar-refractivity contribution in [3.05, 3.63) is 248 Å². The quantitative estimate of drug-likeness (QED) is 0.0266. The molecule has 490 valence electrons. The van der Waals surface area contributed by atoms with Gasteiger partial charge >= 0.3 is 0 Å². The fourth-order valence-corrected chi connectivity index (χ4v) is 11.2. The lowest BCUT2D eigenvalue weighted by atomic mass is 9.81. The Balaban J connectivity index is 0.000000182. The molecule has 3 aliphatic rings. The number of benzene rings is 8. The molecule has 11 rings (SSSR count). The number of amides is 3. The SMILES string of the molecule is C#CC1(N)CCCCC1.COc1ccc(C=O)cc1.COc1ccc(CNC2(C#Cc3ccc(C(=O)Nc4ccccc4N)cc3)CCCCC2)cc1.Cc1ccccc1NC(=O)c1ccc(C#CC2(N)CCCCC2)cc1.Cc1ccccc1NC(=O)c1ccc(I)cc1. The average Bonchev–Trinajstić information content (AvgIpc) is 1.56. The third-order valence-corrected chi connectivity index (χ3v) is 17.5. The predicted octanol–water partition coefficient (Wildman–Crippen LogP) is 16.3. The second kappa shape index (κ2) is 37.4. The molecule has 0 spiro atoms. The Morgan fingerprint density at radius 2 is 0.884 bits per heavy atom. The Kier molecular flexibility index (Phi) is 28.7. The zero-order valence-corrected chi connectivity index (χ0v) is 57.2. The van der Waals surface area contributed by atoms with Crippen LogP contribution in [0.1, 0.15) is 166 Å². The molecule has 14 heteroatoms. The van der Waals surface area contributed by atoms with Crippen molar-refractivity contribution >= 4 is 69.3 Å². The Hall–Kier alpha value is -9.47. The Bertz CT molecular complexity index is 3940. The largest absolute Gasteiger partial charge is 0.497 e. The van der Waals surface area contributed by atoms with Crippen LogP contribution in [0, 0.1) is 53.4 Å². The molecule has 0 heterocycles. The number of carbonyl (C=O) groups excluding carboxylic acids is 4. The highest BCUT2D eigenvalue weighted by atomic mass is 127. The first-order chi connectivity index (χ1) is 45.9. The van der Waals surface area contributed by atoms with Crippen LogP contribution >= 0.6 is 22.6 Å². The second-order valence-electron chi connectivity index (χ2n) is 24.1. The number of nitrogen functional groups attached to an aromatic ring is 1. The number of hydrogen-bond acceptors (Lipinski definition) is 10. The fourth-order valence-electron chi connectivity index (χ4n) is 10.9. The monoisotopic (exact) mass is 1380 g/mol. The van der Waals surface area contributed by atoms with Gasteiger partial charge < -0.3 is 42.6 Å². The number of para-hydroxylation sites is 4. The minimum absolute atomic E-state index is 0.0734. The molecule has 0 aromatic heterocycles. The number of anilines is 4. The van der Waals surface area contributed by atoms with Gasteiger partial charge in [0.15, 0.2) is 0 Å². The standard InChI is InChI=1S/C29H31N3O2.C22H24N2O.C14H12INO.C8H13N.C8H8O2/c1-34-25-15-11-23(12-16-25)21-31-29(18-5-2-6-19-29)20-17-22-9-13-24(14-10-22)28(33)32-27-8-4-3-7-26(27)30;1-17-7-3-4-8-20(17)24-21(25)19-11-9-18(10-12-19)13-16-22(23)14-5-2-6-15-22;1-10-4-2-3-5-13(10)16-14(17)11-6-8-12(15)9-7-11;1-2-8(9)6-4-3-5-7-8;1-10-8-4-2-7(6-9)3-5-8/h3-4,7-16,31H,2,5-6,18-19,21,30H2,1H3,(H,32,33);3-4,7-12H,2,5-6,14-15,23H2,1H3,(H,24,25);2-9H,1H3,(H,16,17);1H,3-7,9H2;2-6H,1H3. The van der Waals surface area contributed by atoms with Gasteiger partial charge in [-0.2, -0.15) is 0 Å². The number of halogens is 1. The highest BCUT2D eigenvalue weighted by molar-refractivity contribution is 14.1. The van der Waals surface area contributed by atoms with Crippen molar-refractivity contribution in [2.45, 2.75) is 133 Å². The smallest absolute Gasteiger partial charge is 0.255 e. The van der Waals surface area contributed by atoms with E-state index in [-0.39, 0.29) is 34.3 Å². The number of carbonyl (C=O) groups is 4. The number of nitrogens with two attached hydrogens (primary N) is 3. The van der Waals surface area contributed by atoms with Crippen molar-refractivity contribution in [1.82, 2.24) is 5.32 Å². The van der Waals surface area contributed by atoms with Crippen LogP contribution in [0.15, 0.2) is 194 Å². The van der Waals surface area contributed by atoms with E-state index >= 15 is 0 Å². The minimum Gasteiger partial charge on any atom is -0.497 e. The zero-order chi connectivity index (χ0) is 67.9. The highest BCUT2D eigenvalue weighted by Crippen LogP contribution is 2.30. The summed E-state index contributed by atoms with van der Waals surface area (Å²) in [5, 5.41) is 12.4. The number of ether oxygens (including phenoxy) is 2. The van der Waals surface area contributed by atoms with Crippen LogP contribution in [0.2, 0.25) is 0 Å². The van der Waals surface area contributed by atoms with Gasteiger partial charge in [-0.1, -0.05) is 148 Å². The van der Waals surface area contributed by atoms with Crippen molar-refractivity contribution in [2.24, 2.45) is 11.5 Å². The van der Waals surface area contributed by atoms with Crippen LogP contribution < -0.4 is 47.9 Å². The number of rotatable bonds is 12. The van der Waals surface area contributed by atoms with Gasteiger partial charge in [0, 0.05) is 54.9 Å². The normalized spacial score (nSPS) is 14.4. The summed E-state index contributed by atoms with van der Waals surface area (Å²) in [5.41, 5.74) is 27.8. The molecule has 3 saturated carbocycles. The van der Waals surface area contributed by atoms with Crippen LogP contribution in [0.3, 0.4) is 0 Å². The molecular formula is C81H88IN7O6. The third kappa shape index (κ3) is 24.1. The molecule has 0 saturated heterocycles. The molecule has 0 atom stereocenters. The summed E-state index contributed by atoms with van der Waals surface area (Å²) < 4.78 is 11.3. The van der Waals surface area contributed by atoms with Crippen molar-refractivity contribution in [1.29, 1.82) is 0 Å². The fraction of sp³-hybridized carbons (Fsp3) is 0.284. The summed E-state index contributed by atoms with van der Waals surface area (Å²) in [7, 11) is 3.27. The number of hydrogen-bond donors (Lipinski definition) is 7. The van der Waals surface area contributed by atoms with E-state index in [9.17, 15) is 19.2 Å². The lowest BCUT2D eigenvalue weighted by molar-refractivity contribution is 0.101. The maximum Gasteiger partial charge on any atom is 0.255 e. The van der Waals surface area contributed by atoms with Gasteiger partial charge in [0.05, 0.1) is 42.2 Å². The van der Waals surface area contributed by atoms with Crippen molar-refractivity contribution < 1.29 is 28.7 Å². The van der Waals surface area contributed by atoms with Gasteiger partial charge in [-0.05, 0) is 225 Å². The van der Waals surface area contributed by atoms with Crippen LogP contribution in [-0.2, 0) is 6.54 Å². The summed E-state index contributed by atoms with van der Waals surface area (Å²) in [4.78, 5) is 47.1. The van der Waals surface area contributed by atoms with E-state index < -0.39 is 0 Å². The Morgan fingerprint density at radius 3 is 1.31 bits per heavy atom. The van der Waals surface area contributed by atoms with Crippen LogP contribution in [0.5, 0.6) is 11.5 Å². The molecule has 95 heavy (non-hydrogen) atoms. The molecule has 3 amide bonds. The predicted molar refractivity (Wildman–Crippen MR) is 396 cm³/mol. The minimum atomic E-state index is -0.348. The maximum absolute atomic E-state index is 12.6. The Morgan fingerprint density at radius 1 is 0.495 bits per heavy atom. The first-order valence-corrected chi connectivity index (χ1v) is 33.5. The maximum atomic E-state index is 12.6. The van der Waals surface area contributed by atoms with Gasteiger partial charge in [-0.25, -0.2) is 0 Å². The van der Waals surface area contributed by atoms with Crippen LogP contribution in [0.25, 0.3) is 0 Å². The molecule has 0 unspecified atom stereocenters. The number of terminal acetylenes is 1. The summed E-state index contributed by atoms with van der Waals surface area (Å²) >= 11 is 2.22. The Labute approximate surface area is 575 Å². The van der Waals surface area contributed by atoms with E-state index in [4.69, 9.17) is 33.1 Å². The lowest BCUT2D eigenvalue weighted by Crippen LogP contribution is -2.45. The van der Waals surface area contributed by atoms with Crippen LogP contribution in [0.4, 0.5) is 22.7 Å². The van der Waals surface area contributed by atoms with Gasteiger partial charge in [0.1, 0.15) is 17.8 Å². The lowest BCUT2D eigenvalue weighted by Gasteiger charge is -2.34. The summed E-state index contributed by atoms with van der Waals surface area (Å²) in [6.07, 6.45) is 23.0. The molecule has 13 nitrogen and oxygen atoms in total. The average molecular weight is 1380 g/mol. The van der Waals surface area contributed by atoms with Crippen LogP contribution in [-0.4, -0.2) is 54.8 Å². The van der Waals surface area contributed by atoms with Crippen molar-refractivity contribution in [3.63, 3.8) is 0 Å². The van der Waals surface area contributed by atoms with Gasteiger partial charge in [0.2, 0.25) is 0 Å². The molecule has 0 radical (unpaired) electrons. The number of aryl methyl sites for hydroxylation is 2. The number of methoxy groups -OCH3 is 2. The first kappa shape index (κ1) is 72.9. The van der Waals surface area contributed by atoms with Gasteiger partial charge in [-0.3, -0.25) is 24.5 Å². The van der Waals surface area contributed by atoms with Crippen molar-refractivity contribution in [3.8, 4) is 47.5 Å². The van der Waals surface area contributed by atoms with E-state index in [1.165, 1.54) is 50.5 Å². The van der Waals surface area contributed by atoms with Crippen molar-refractivity contribution in [2.75, 3.05) is 35.9 Å². The molecule has 0 aliphatic heterocycles. The summed E-state index contributed by atoms with van der Waals surface area (Å²) in [6, 6.07) is 60.1. The third-order valence-electron chi connectivity index (χ3n) is 16.8. The van der Waals surface area contributed by atoms with E-state index in [0.29, 0.717) is 33.6 Å². The second-order valence-corrected chi connectivity index (χ2v) is 25.3. The number of nitrogens with one attached hydrogen (secondary N) is 4.